The molecule has 92 valence electrons. The van der Waals surface area contributed by atoms with Gasteiger partial charge in [-0.2, -0.15) is 0 Å². The molecule has 0 aromatic heterocycles. The van der Waals surface area contributed by atoms with Crippen molar-refractivity contribution in [2.75, 3.05) is 5.75 Å². The second kappa shape index (κ2) is 7.30. The minimum absolute atomic E-state index is 0.0771. The van der Waals surface area contributed by atoms with Crippen molar-refractivity contribution in [3.05, 3.63) is 41.0 Å². The molecule has 0 fully saturated rings. The number of benzene rings is 1. The van der Waals surface area contributed by atoms with Gasteiger partial charge in [-0.15, -0.1) is 0 Å². The molecule has 1 aromatic carbocycles. The quantitative estimate of drug-likeness (QED) is 0.816. The average molecular weight is 250 g/mol. The van der Waals surface area contributed by atoms with Gasteiger partial charge >= 0.3 is 0 Å². The van der Waals surface area contributed by atoms with E-state index < -0.39 is 0 Å². The van der Waals surface area contributed by atoms with Gasteiger partial charge in [0.2, 0.25) is 0 Å². The van der Waals surface area contributed by atoms with E-state index in [0.29, 0.717) is 0 Å². The van der Waals surface area contributed by atoms with Crippen LogP contribution in [0.5, 0.6) is 0 Å². The summed E-state index contributed by atoms with van der Waals surface area (Å²) in [5.41, 5.74) is 3.21. The van der Waals surface area contributed by atoms with Crippen LogP contribution in [0.15, 0.2) is 24.3 Å². The maximum Gasteiger partial charge on any atom is 0.185 e. The fourth-order valence-corrected chi connectivity index (χ4v) is 2.08. The van der Waals surface area contributed by atoms with Crippen molar-refractivity contribution in [2.24, 2.45) is 0 Å². The molecule has 2 nitrogen and oxygen atoms in total. The zero-order valence-electron chi connectivity index (χ0n) is 10.3. The summed E-state index contributed by atoms with van der Waals surface area (Å²) in [7, 11) is 0. The summed E-state index contributed by atoms with van der Waals surface area (Å²) in [6.45, 7) is 3.67. The van der Waals surface area contributed by atoms with Crippen LogP contribution in [0.2, 0.25) is 0 Å². The molecule has 0 bridgehead atoms. The Morgan fingerprint density at radius 1 is 1.47 bits per heavy atom. The van der Waals surface area contributed by atoms with E-state index in [4.69, 9.17) is 5.11 Å². The molecular formula is C14H18O2S. The van der Waals surface area contributed by atoms with Crippen LogP contribution in [0.25, 0.3) is 6.08 Å². The van der Waals surface area contributed by atoms with Gasteiger partial charge in [0.25, 0.3) is 0 Å². The summed E-state index contributed by atoms with van der Waals surface area (Å²) in [6, 6.07) is 5.91. The van der Waals surface area contributed by atoms with Crippen LogP contribution in [0.4, 0.5) is 0 Å². The Bertz CT molecular complexity index is 411. The summed E-state index contributed by atoms with van der Waals surface area (Å²) < 4.78 is 0. The van der Waals surface area contributed by atoms with Crippen LogP contribution in [0, 0.1) is 6.92 Å². The van der Waals surface area contributed by atoms with Crippen LogP contribution < -0.4 is 0 Å². The summed E-state index contributed by atoms with van der Waals surface area (Å²) in [4.78, 5) is 10.7. The summed E-state index contributed by atoms with van der Waals surface area (Å²) >= 11 is 1.35. The van der Waals surface area contributed by atoms with E-state index in [1.165, 1.54) is 11.8 Å². The molecule has 0 radical (unpaired) electrons. The highest BCUT2D eigenvalue weighted by Crippen LogP contribution is 2.16. The van der Waals surface area contributed by atoms with Gasteiger partial charge in [0.05, 0.1) is 6.61 Å². The molecule has 0 saturated carbocycles. The molecule has 3 heteroatoms. The Morgan fingerprint density at radius 2 is 2.24 bits per heavy atom. The third-order valence-corrected chi connectivity index (χ3v) is 3.39. The standard InChI is InChI=1S/C14H18O2S/c1-11-13(7-5-8-14(11)10-15)6-3-4-9-17-12(2)16/h3,5-8,15H,4,9-10H2,1-2H3. The van der Waals surface area contributed by atoms with Crippen molar-refractivity contribution in [1.82, 2.24) is 0 Å². The molecule has 0 aliphatic heterocycles. The maximum absolute atomic E-state index is 10.7. The van der Waals surface area contributed by atoms with E-state index in [0.717, 1.165) is 28.9 Å². The van der Waals surface area contributed by atoms with E-state index in [1.54, 1.807) is 6.92 Å². The minimum Gasteiger partial charge on any atom is -0.392 e. The van der Waals surface area contributed by atoms with Gasteiger partial charge in [0.15, 0.2) is 5.12 Å². The highest BCUT2D eigenvalue weighted by Gasteiger charge is 1.99. The SMILES string of the molecule is CC(=O)SCCC=Cc1cccc(CO)c1C. The lowest BCUT2D eigenvalue weighted by atomic mass is 10.0. The van der Waals surface area contributed by atoms with Crippen molar-refractivity contribution in [3.8, 4) is 0 Å². The van der Waals surface area contributed by atoms with Crippen LogP contribution >= 0.6 is 11.8 Å². The molecule has 0 aliphatic rings. The number of hydrogen-bond acceptors (Lipinski definition) is 3. The highest BCUT2D eigenvalue weighted by molar-refractivity contribution is 8.13. The van der Waals surface area contributed by atoms with Crippen LogP contribution in [-0.2, 0) is 11.4 Å². The number of hydrogen-bond donors (Lipinski definition) is 1. The van der Waals surface area contributed by atoms with Crippen molar-refractivity contribution in [2.45, 2.75) is 26.9 Å². The zero-order chi connectivity index (χ0) is 12.7. The van der Waals surface area contributed by atoms with E-state index >= 15 is 0 Å². The topological polar surface area (TPSA) is 37.3 Å². The van der Waals surface area contributed by atoms with E-state index in [1.807, 2.05) is 25.1 Å². The van der Waals surface area contributed by atoms with Crippen molar-refractivity contribution < 1.29 is 9.90 Å². The van der Waals surface area contributed by atoms with Crippen molar-refractivity contribution >= 4 is 23.0 Å². The van der Waals surface area contributed by atoms with Gasteiger partial charge in [0, 0.05) is 12.7 Å². The molecule has 0 amide bonds. The van der Waals surface area contributed by atoms with Gasteiger partial charge in [0.1, 0.15) is 0 Å². The molecule has 0 heterocycles. The third kappa shape index (κ3) is 4.75. The average Bonchev–Trinajstić information content (AvgIpc) is 2.30. The van der Waals surface area contributed by atoms with Gasteiger partial charge in [-0.05, 0) is 30.0 Å². The van der Waals surface area contributed by atoms with Crippen LogP contribution in [0.3, 0.4) is 0 Å². The second-order valence-corrected chi connectivity index (χ2v) is 5.09. The first-order valence-corrected chi connectivity index (χ1v) is 6.63. The number of aliphatic hydroxyl groups excluding tert-OH is 1. The first-order chi connectivity index (χ1) is 8.15. The lowest BCUT2D eigenvalue weighted by Crippen LogP contribution is -1.91. The first-order valence-electron chi connectivity index (χ1n) is 5.64. The smallest absolute Gasteiger partial charge is 0.185 e. The van der Waals surface area contributed by atoms with Gasteiger partial charge in [-0.3, -0.25) is 4.79 Å². The number of thioether (sulfide) groups is 1. The number of carbonyl (C=O) groups excluding carboxylic acids is 1. The fraction of sp³-hybridized carbons (Fsp3) is 0.357. The van der Waals surface area contributed by atoms with Crippen LogP contribution in [0.1, 0.15) is 30.0 Å². The normalized spacial score (nSPS) is 11.0. The van der Waals surface area contributed by atoms with Gasteiger partial charge in [-0.25, -0.2) is 0 Å². The lowest BCUT2D eigenvalue weighted by Gasteiger charge is -2.05. The van der Waals surface area contributed by atoms with E-state index in [9.17, 15) is 4.79 Å². The van der Waals surface area contributed by atoms with Crippen molar-refractivity contribution in [3.63, 3.8) is 0 Å². The summed E-state index contributed by atoms with van der Waals surface area (Å²) in [6.07, 6.45) is 5.00. The molecule has 0 saturated heterocycles. The molecule has 0 aliphatic carbocycles. The molecule has 1 N–H and O–H groups in total. The fourth-order valence-electron chi connectivity index (χ4n) is 1.54. The number of aliphatic hydroxyl groups is 1. The number of allylic oxidation sites excluding steroid dienone is 1. The zero-order valence-corrected chi connectivity index (χ0v) is 11.1. The Hall–Kier alpha value is -1.06. The highest BCUT2D eigenvalue weighted by atomic mass is 32.2. The maximum atomic E-state index is 10.7. The Morgan fingerprint density at radius 3 is 2.88 bits per heavy atom. The number of rotatable bonds is 5. The van der Waals surface area contributed by atoms with E-state index in [-0.39, 0.29) is 11.7 Å². The Balaban J connectivity index is 2.56. The summed E-state index contributed by atoms with van der Waals surface area (Å²) in [5, 5.41) is 9.31. The van der Waals surface area contributed by atoms with Crippen LogP contribution in [-0.4, -0.2) is 16.0 Å². The van der Waals surface area contributed by atoms with E-state index in [2.05, 4.69) is 12.2 Å². The molecule has 1 aromatic rings. The largest absolute Gasteiger partial charge is 0.392 e. The Labute approximate surface area is 107 Å². The monoisotopic (exact) mass is 250 g/mol. The molecular weight excluding hydrogens is 232 g/mol. The molecule has 1 rings (SSSR count). The predicted octanol–water partition coefficient (Wildman–Crippen LogP) is 3.17. The summed E-state index contributed by atoms with van der Waals surface area (Å²) in [5.74, 6) is 0.824. The molecule has 17 heavy (non-hydrogen) atoms. The lowest BCUT2D eigenvalue weighted by molar-refractivity contribution is -0.109. The third-order valence-electron chi connectivity index (χ3n) is 2.55. The predicted molar refractivity (Wildman–Crippen MR) is 73.9 cm³/mol. The Kier molecular flexibility index (Phi) is 6.01. The number of carbonyl (C=O) groups is 1. The first kappa shape index (κ1) is 14.0. The van der Waals surface area contributed by atoms with Crippen molar-refractivity contribution in [1.29, 1.82) is 0 Å². The second-order valence-electron chi connectivity index (χ2n) is 3.82. The molecule has 0 atom stereocenters. The van der Waals surface area contributed by atoms with Gasteiger partial charge in [-0.1, -0.05) is 42.1 Å². The minimum atomic E-state index is 0.0771. The molecule has 0 spiro atoms. The van der Waals surface area contributed by atoms with Gasteiger partial charge < -0.3 is 5.11 Å². The molecule has 0 unspecified atom stereocenters.